The number of hydrogen-bond acceptors (Lipinski definition) is 8. The number of nitrogens with zero attached hydrogens (tertiary/aromatic N) is 4. The van der Waals surface area contributed by atoms with Crippen molar-refractivity contribution in [3.8, 4) is 5.75 Å². The Kier molecular flexibility index (Phi) is 5.54. The van der Waals surface area contributed by atoms with Gasteiger partial charge in [-0.25, -0.2) is 9.80 Å². The van der Waals surface area contributed by atoms with Crippen LogP contribution in [0.25, 0.3) is 11.0 Å². The molecule has 34 heavy (non-hydrogen) atoms. The van der Waals surface area contributed by atoms with E-state index in [2.05, 4.69) is 14.5 Å². The summed E-state index contributed by atoms with van der Waals surface area (Å²) in [5, 5.41) is 23.9. The van der Waals surface area contributed by atoms with Crippen LogP contribution >= 0.6 is 0 Å². The molecule has 0 saturated heterocycles. The van der Waals surface area contributed by atoms with Gasteiger partial charge in [0.25, 0.3) is 10.0 Å². The van der Waals surface area contributed by atoms with Gasteiger partial charge in [0.05, 0.1) is 17.2 Å². The number of rotatable bonds is 6. The molecule has 0 unspecified atom stereocenters. The first-order chi connectivity index (χ1) is 16.3. The van der Waals surface area contributed by atoms with Crippen LogP contribution in [0.3, 0.4) is 0 Å². The quantitative estimate of drug-likeness (QED) is 0.271. The Hall–Kier alpha value is -3.42. The molecule has 1 aliphatic carbocycles. The van der Waals surface area contributed by atoms with Gasteiger partial charge in [0.2, 0.25) is 0 Å². The van der Waals surface area contributed by atoms with Gasteiger partial charge in [-0.2, -0.15) is 13.5 Å². The maximum absolute atomic E-state index is 12.6. The third kappa shape index (κ3) is 3.91. The highest BCUT2D eigenvalue weighted by molar-refractivity contribution is 7.90. The topological polar surface area (TPSA) is 150 Å². The van der Waals surface area contributed by atoms with Crippen LogP contribution in [0.15, 0.2) is 55.6 Å². The van der Waals surface area contributed by atoms with Crippen LogP contribution in [-0.2, 0) is 10.0 Å². The molecule has 11 nitrogen and oxygen atoms in total. The molecule has 0 bridgehead atoms. The maximum atomic E-state index is 12.6. The number of fused-ring (bicyclic) bond motifs is 2. The van der Waals surface area contributed by atoms with Crippen LogP contribution in [-0.4, -0.2) is 58.9 Å². The summed E-state index contributed by atoms with van der Waals surface area (Å²) < 4.78 is 35.6. The smallest absolute Gasteiger partial charge is 0.512 e. The second-order valence-corrected chi connectivity index (χ2v) is 9.69. The minimum absolute atomic E-state index is 0.0161. The zero-order valence-corrected chi connectivity index (χ0v) is 19.1. The Bertz CT molecular complexity index is 1490. The number of H-pyrrole nitrogens is 1. The van der Waals surface area contributed by atoms with Gasteiger partial charge in [-0.05, 0) is 62.1 Å². The third-order valence-electron chi connectivity index (χ3n) is 5.99. The molecule has 3 N–H and O–H groups in total. The van der Waals surface area contributed by atoms with Gasteiger partial charge >= 0.3 is 13.0 Å². The van der Waals surface area contributed by atoms with Crippen molar-refractivity contribution in [2.75, 3.05) is 6.54 Å². The summed E-state index contributed by atoms with van der Waals surface area (Å²) in [5.74, 6) is 0.136. The summed E-state index contributed by atoms with van der Waals surface area (Å²) in [5.41, 5.74) is 2.53. The van der Waals surface area contributed by atoms with Crippen LogP contribution in [0.4, 0.5) is 0 Å². The maximum Gasteiger partial charge on any atom is 0.707 e. The summed E-state index contributed by atoms with van der Waals surface area (Å²) in [6.45, 7) is 2.16. The van der Waals surface area contributed by atoms with Crippen molar-refractivity contribution in [3.05, 3.63) is 58.0 Å². The Morgan fingerprint density at radius 3 is 2.76 bits per heavy atom. The van der Waals surface area contributed by atoms with E-state index in [1.165, 1.54) is 23.2 Å². The Labute approximate surface area is 195 Å². The second-order valence-electron chi connectivity index (χ2n) is 8.11. The average molecular weight is 483 g/mol. The molecule has 176 valence electrons. The molecular formula is C21H22BN5O6S. The van der Waals surface area contributed by atoms with Crippen LogP contribution in [0.1, 0.15) is 43.4 Å². The second kappa shape index (κ2) is 8.42. The third-order valence-corrected chi connectivity index (χ3v) is 7.30. The lowest BCUT2D eigenvalue weighted by Crippen LogP contribution is -2.26. The van der Waals surface area contributed by atoms with E-state index in [4.69, 9.17) is 14.7 Å². The molecule has 0 amide bonds. The Morgan fingerprint density at radius 2 is 2.09 bits per heavy atom. The number of benzene rings is 2. The molecule has 1 fully saturated rings. The summed E-state index contributed by atoms with van der Waals surface area (Å²) >= 11 is 0. The Morgan fingerprint density at radius 1 is 1.29 bits per heavy atom. The minimum Gasteiger partial charge on any atom is -0.512 e. The zero-order valence-electron chi connectivity index (χ0n) is 18.2. The lowest BCUT2D eigenvalue weighted by Gasteiger charge is -2.26. The van der Waals surface area contributed by atoms with Crippen molar-refractivity contribution in [1.29, 1.82) is 0 Å². The van der Waals surface area contributed by atoms with E-state index >= 15 is 0 Å². The van der Waals surface area contributed by atoms with Crippen molar-refractivity contribution in [1.82, 2.24) is 14.6 Å². The molecule has 0 atom stereocenters. The SMILES string of the molecule is CCN(/N=C/c1ccc2[nH]c(=O)n(C3CCC3)c2c1)C1=NS(=O)(=O)c2cc(OB(O)O)ccc21. The number of nitrogens with one attached hydrogen (secondary N) is 1. The van der Waals surface area contributed by atoms with Crippen LogP contribution in [0.2, 0.25) is 0 Å². The summed E-state index contributed by atoms with van der Waals surface area (Å²) in [4.78, 5) is 15.2. The molecule has 0 spiro atoms. The largest absolute Gasteiger partial charge is 0.707 e. The number of aromatic nitrogens is 2. The molecular weight excluding hydrogens is 461 g/mol. The summed E-state index contributed by atoms with van der Waals surface area (Å²) in [7, 11) is -6.07. The van der Waals surface area contributed by atoms with Crippen LogP contribution in [0.5, 0.6) is 5.75 Å². The molecule has 1 aromatic heterocycles. The molecule has 13 heteroatoms. The van der Waals surface area contributed by atoms with E-state index in [-0.39, 0.29) is 28.2 Å². The molecule has 1 saturated carbocycles. The van der Waals surface area contributed by atoms with E-state index < -0.39 is 17.3 Å². The zero-order chi connectivity index (χ0) is 24.0. The first-order valence-corrected chi connectivity index (χ1v) is 12.3. The average Bonchev–Trinajstić information content (AvgIpc) is 3.20. The highest BCUT2D eigenvalue weighted by Crippen LogP contribution is 2.33. The molecule has 2 aromatic carbocycles. The normalized spacial score (nSPS) is 17.0. The van der Waals surface area contributed by atoms with E-state index in [0.717, 1.165) is 35.9 Å². The van der Waals surface area contributed by atoms with Gasteiger partial charge in [0.15, 0.2) is 5.84 Å². The molecule has 0 radical (unpaired) electrons. The molecule has 2 heterocycles. The molecule has 3 aromatic rings. The molecule has 1 aliphatic heterocycles. The summed E-state index contributed by atoms with van der Waals surface area (Å²) in [6, 6.07) is 9.84. The predicted octanol–water partition coefficient (Wildman–Crippen LogP) is 1.21. The number of amidine groups is 1. The molecule has 5 rings (SSSR count). The number of hydrazone groups is 1. The lowest BCUT2D eigenvalue weighted by molar-refractivity contribution is 0.288. The van der Waals surface area contributed by atoms with Gasteiger partial charge in [-0.1, -0.05) is 6.07 Å². The van der Waals surface area contributed by atoms with Gasteiger partial charge in [0, 0.05) is 18.2 Å². The number of hydrogen-bond donors (Lipinski definition) is 3. The van der Waals surface area contributed by atoms with Crippen molar-refractivity contribution < 1.29 is 23.1 Å². The molecule has 2 aliphatic rings. The fourth-order valence-electron chi connectivity index (χ4n) is 4.14. The first-order valence-electron chi connectivity index (χ1n) is 10.8. The predicted molar refractivity (Wildman–Crippen MR) is 126 cm³/mol. The number of imidazole rings is 1. The minimum atomic E-state index is -4.00. The highest BCUT2D eigenvalue weighted by atomic mass is 32.2. The van der Waals surface area contributed by atoms with Crippen LogP contribution in [0, 0.1) is 0 Å². The highest BCUT2D eigenvalue weighted by Gasteiger charge is 2.32. The number of aromatic amines is 1. The van der Waals surface area contributed by atoms with E-state index in [1.807, 2.05) is 25.1 Å². The fourth-order valence-corrected chi connectivity index (χ4v) is 5.36. The first kappa shape index (κ1) is 22.4. The fraction of sp³-hybridized carbons (Fsp3) is 0.286. The van der Waals surface area contributed by atoms with Gasteiger partial charge in [0.1, 0.15) is 10.6 Å². The van der Waals surface area contributed by atoms with Crippen molar-refractivity contribution in [2.24, 2.45) is 9.50 Å². The Balaban J connectivity index is 1.46. The van der Waals surface area contributed by atoms with E-state index in [9.17, 15) is 13.2 Å². The van der Waals surface area contributed by atoms with Gasteiger partial charge in [-0.15, -0.1) is 4.40 Å². The van der Waals surface area contributed by atoms with Crippen molar-refractivity contribution in [3.63, 3.8) is 0 Å². The van der Waals surface area contributed by atoms with Crippen LogP contribution < -0.4 is 10.3 Å². The van der Waals surface area contributed by atoms with Crippen molar-refractivity contribution in [2.45, 2.75) is 37.1 Å². The lowest BCUT2D eigenvalue weighted by atomic mass is 9.93. The van der Waals surface area contributed by atoms with E-state index in [1.54, 1.807) is 10.8 Å². The van der Waals surface area contributed by atoms with Crippen molar-refractivity contribution >= 4 is 40.4 Å². The van der Waals surface area contributed by atoms with E-state index in [0.29, 0.717) is 12.1 Å². The van der Waals surface area contributed by atoms with Gasteiger partial charge in [-0.3, -0.25) is 4.57 Å². The summed E-state index contributed by atoms with van der Waals surface area (Å²) in [6.07, 6.45) is 4.66. The van der Waals surface area contributed by atoms with Gasteiger partial charge < -0.3 is 19.7 Å². The monoisotopic (exact) mass is 483 g/mol. The number of sulfonamides is 1. The standard InChI is InChI=1S/C21H22BN5O6S/c1-2-26(20-16-8-7-15(33-22(29)30)11-19(16)34(31,32)25-20)23-12-13-6-9-17-18(10-13)27(21(28)24-17)14-4-3-5-14/h6-12,14,29-30H,2-5H2,1H3,(H,24,28)/b23-12+.